The van der Waals surface area contributed by atoms with Crippen LogP contribution in [0.5, 0.6) is 5.75 Å². The lowest BCUT2D eigenvalue weighted by Crippen LogP contribution is -2.45. The summed E-state index contributed by atoms with van der Waals surface area (Å²) < 4.78 is 5.52. The van der Waals surface area contributed by atoms with Crippen molar-refractivity contribution in [2.45, 2.75) is 12.6 Å². The molecule has 1 unspecified atom stereocenters. The lowest BCUT2D eigenvalue weighted by Gasteiger charge is -2.33. The Morgan fingerprint density at radius 1 is 1.21 bits per heavy atom. The van der Waals surface area contributed by atoms with E-state index in [-0.39, 0.29) is 19.8 Å². The first kappa shape index (κ1) is 19.9. The number of nitrogens with zero attached hydrogens (tertiary/aromatic N) is 2. The summed E-state index contributed by atoms with van der Waals surface area (Å²) in [7, 11) is 0. The van der Waals surface area contributed by atoms with Gasteiger partial charge in [0.05, 0.1) is 6.54 Å². The van der Waals surface area contributed by atoms with Crippen molar-refractivity contribution in [2.24, 2.45) is 5.16 Å². The fraction of sp³-hybridized carbons (Fsp3) is 0.190. The second-order valence-electron chi connectivity index (χ2n) is 6.30. The van der Waals surface area contributed by atoms with Crippen molar-refractivity contribution in [3.63, 3.8) is 0 Å². The van der Waals surface area contributed by atoms with E-state index in [4.69, 9.17) is 9.57 Å². The van der Waals surface area contributed by atoms with Gasteiger partial charge in [-0.15, -0.1) is 0 Å². The van der Waals surface area contributed by atoms with Crippen LogP contribution in [0.1, 0.15) is 22.7 Å². The van der Waals surface area contributed by atoms with Gasteiger partial charge >= 0.3 is 12.1 Å². The number of oxime groups is 1. The molecular weight excluding hydrogens is 376 g/mol. The predicted molar refractivity (Wildman–Crippen MR) is 105 cm³/mol. The minimum atomic E-state index is -1.36. The summed E-state index contributed by atoms with van der Waals surface area (Å²) in [6.45, 7) is 3.84. The van der Waals surface area contributed by atoms with E-state index in [0.717, 1.165) is 10.5 Å². The summed E-state index contributed by atoms with van der Waals surface area (Å²) in [6, 6.07) is 12.8. The van der Waals surface area contributed by atoms with Gasteiger partial charge < -0.3 is 19.8 Å². The second kappa shape index (κ2) is 8.92. The molecule has 0 radical (unpaired) electrons. The van der Waals surface area contributed by atoms with Gasteiger partial charge in [0.15, 0.2) is 6.04 Å². The number of carboxylic acids is 1. The first-order chi connectivity index (χ1) is 14.0. The molecule has 2 aromatic rings. The van der Waals surface area contributed by atoms with Crippen LogP contribution < -0.4 is 4.74 Å². The molecule has 1 heterocycles. The monoisotopic (exact) mass is 396 g/mol. The Hall–Kier alpha value is -3.81. The molecule has 1 aliphatic rings. The third kappa shape index (κ3) is 4.55. The third-order valence-corrected chi connectivity index (χ3v) is 4.36. The summed E-state index contributed by atoms with van der Waals surface area (Å²) in [5.74, 6) is -0.773. The Kier molecular flexibility index (Phi) is 6.13. The van der Waals surface area contributed by atoms with Crippen molar-refractivity contribution in [3.8, 4) is 5.75 Å². The molecule has 0 fully saturated rings. The maximum atomic E-state index is 11.8. The molecule has 0 saturated heterocycles. The molecule has 2 aromatic carbocycles. The third-order valence-electron chi connectivity index (χ3n) is 4.36. The molecule has 0 bridgehead atoms. The van der Waals surface area contributed by atoms with Crippen molar-refractivity contribution in [1.29, 1.82) is 0 Å². The summed E-state index contributed by atoms with van der Waals surface area (Å²) in [5, 5.41) is 23.2. The van der Waals surface area contributed by atoms with Crippen LogP contribution in [0.15, 0.2) is 66.3 Å². The molecule has 0 saturated carbocycles. The van der Waals surface area contributed by atoms with E-state index in [2.05, 4.69) is 11.7 Å². The van der Waals surface area contributed by atoms with E-state index < -0.39 is 18.1 Å². The lowest BCUT2D eigenvalue weighted by atomic mass is 9.91. The van der Waals surface area contributed by atoms with Gasteiger partial charge in [-0.05, 0) is 23.3 Å². The fourth-order valence-corrected chi connectivity index (χ4v) is 3.06. The number of ether oxygens (including phenoxy) is 1. The van der Waals surface area contributed by atoms with Gasteiger partial charge in [0.25, 0.3) is 0 Å². The Labute approximate surface area is 167 Å². The van der Waals surface area contributed by atoms with Gasteiger partial charge in [0, 0.05) is 5.56 Å². The highest BCUT2D eigenvalue weighted by molar-refractivity contribution is 6.07. The van der Waals surface area contributed by atoms with Gasteiger partial charge in [0.2, 0.25) is 0 Å². The predicted octanol–water partition coefficient (Wildman–Crippen LogP) is 3.29. The first-order valence-electron chi connectivity index (χ1n) is 8.84. The number of carboxylic acid groups (broad SMARTS) is 2. The van der Waals surface area contributed by atoms with E-state index in [1.807, 2.05) is 30.3 Å². The number of amides is 1. The average Bonchev–Trinajstić information content (AvgIpc) is 2.72. The van der Waals surface area contributed by atoms with Crippen molar-refractivity contribution in [3.05, 3.63) is 77.9 Å². The van der Waals surface area contributed by atoms with E-state index in [1.165, 1.54) is 6.07 Å². The van der Waals surface area contributed by atoms with Gasteiger partial charge in [0.1, 0.15) is 24.7 Å². The quantitative estimate of drug-likeness (QED) is 0.549. The highest BCUT2D eigenvalue weighted by Crippen LogP contribution is 2.33. The Balaban J connectivity index is 1.97. The molecule has 0 aromatic heterocycles. The average molecular weight is 396 g/mol. The van der Waals surface area contributed by atoms with Crippen LogP contribution >= 0.6 is 0 Å². The van der Waals surface area contributed by atoms with Crippen molar-refractivity contribution in [2.75, 3.05) is 13.2 Å². The number of rotatable bonds is 7. The van der Waals surface area contributed by atoms with E-state index in [9.17, 15) is 19.8 Å². The number of carbonyl (C=O) groups is 2. The molecule has 2 N–H and O–H groups in total. The van der Waals surface area contributed by atoms with Crippen molar-refractivity contribution >= 4 is 17.8 Å². The molecule has 3 rings (SSSR count). The van der Waals surface area contributed by atoms with Crippen molar-refractivity contribution < 1.29 is 29.4 Å². The highest BCUT2D eigenvalue weighted by atomic mass is 16.6. The van der Waals surface area contributed by atoms with Crippen LogP contribution in [0.4, 0.5) is 4.79 Å². The van der Waals surface area contributed by atoms with Crippen LogP contribution in [0.3, 0.4) is 0 Å². The zero-order valence-electron chi connectivity index (χ0n) is 15.5. The van der Waals surface area contributed by atoms with Crippen molar-refractivity contribution in [1.82, 2.24) is 4.90 Å². The zero-order chi connectivity index (χ0) is 20.8. The fourth-order valence-electron chi connectivity index (χ4n) is 3.06. The first-order valence-corrected chi connectivity index (χ1v) is 8.84. The SMILES string of the molecule is C=CCOc1ccc2c(c1)C(=NOCc1ccccc1)CN(C(=O)O)C2C(=O)O. The minimum Gasteiger partial charge on any atom is -0.490 e. The van der Waals surface area contributed by atoms with E-state index in [0.29, 0.717) is 22.6 Å². The summed E-state index contributed by atoms with van der Waals surface area (Å²) in [5.41, 5.74) is 1.98. The summed E-state index contributed by atoms with van der Waals surface area (Å²) in [6.07, 6.45) is 0.231. The largest absolute Gasteiger partial charge is 0.490 e. The second-order valence-corrected chi connectivity index (χ2v) is 6.30. The standard InChI is InChI=1S/C21H20N2O6/c1-2-10-28-15-8-9-16-17(11-15)18(12-23(21(26)27)19(16)20(24)25)22-29-13-14-6-4-3-5-7-14/h2-9,11,19H,1,10,12-13H2,(H,24,25)(H,26,27). The highest BCUT2D eigenvalue weighted by Gasteiger charge is 2.39. The normalized spacial score (nSPS) is 16.8. The molecule has 29 heavy (non-hydrogen) atoms. The topological polar surface area (TPSA) is 109 Å². The lowest BCUT2D eigenvalue weighted by molar-refractivity contribution is -0.142. The van der Waals surface area contributed by atoms with Crippen LogP contribution in [0.25, 0.3) is 0 Å². The van der Waals surface area contributed by atoms with Crippen LogP contribution in [0.2, 0.25) is 0 Å². The van der Waals surface area contributed by atoms with Gasteiger partial charge in [-0.2, -0.15) is 0 Å². The molecule has 8 heteroatoms. The Morgan fingerprint density at radius 2 is 1.97 bits per heavy atom. The van der Waals surface area contributed by atoms with E-state index in [1.54, 1.807) is 18.2 Å². The number of hydrogen-bond acceptors (Lipinski definition) is 5. The van der Waals surface area contributed by atoms with Crippen LogP contribution in [-0.2, 0) is 16.2 Å². The molecule has 0 aliphatic carbocycles. The number of benzene rings is 2. The summed E-state index contributed by atoms with van der Waals surface area (Å²) in [4.78, 5) is 29.7. The van der Waals surface area contributed by atoms with Gasteiger partial charge in [-0.25, -0.2) is 9.59 Å². The molecule has 1 amide bonds. The van der Waals surface area contributed by atoms with Crippen LogP contribution in [-0.4, -0.2) is 46.0 Å². The molecule has 1 aliphatic heterocycles. The molecule has 150 valence electrons. The number of fused-ring (bicyclic) bond motifs is 1. The molecule has 0 spiro atoms. The molecule has 8 nitrogen and oxygen atoms in total. The van der Waals surface area contributed by atoms with Gasteiger partial charge in [-0.1, -0.05) is 54.2 Å². The number of aliphatic carboxylic acids is 1. The maximum absolute atomic E-state index is 11.8. The van der Waals surface area contributed by atoms with E-state index >= 15 is 0 Å². The summed E-state index contributed by atoms with van der Waals surface area (Å²) >= 11 is 0. The molecule has 1 atom stereocenters. The van der Waals surface area contributed by atoms with Crippen LogP contribution in [0, 0.1) is 0 Å². The molecular formula is C21H20N2O6. The zero-order valence-corrected chi connectivity index (χ0v) is 15.5. The maximum Gasteiger partial charge on any atom is 0.408 e. The smallest absolute Gasteiger partial charge is 0.408 e. The number of hydrogen-bond donors (Lipinski definition) is 2. The Bertz CT molecular complexity index is 941. The van der Waals surface area contributed by atoms with Gasteiger partial charge in [-0.3, -0.25) is 4.90 Å². The Morgan fingerprint density at radius 3 is 2.62 bits per heavy atom. The minimum absolute atomic E-state index is 0.196.